The van der Waals surface area contributed by atoms with Gasteiger partial charge in [0.1, 0.15) is 0 Å². The van der Waals surface area contributed by atoms with Gasteiger partial charge in [-0.2, -0.15) is 0 Å². The lowest BCUT2D eigenvalue weighted by Crippen LogP contribution is -2.27. The summed E-state index contributed by atoms with van der Waals surface area (Å²) >= 11 is 0. The molecule has 0 aromatic carbocycles. The Hall–Kier alpha value is -1.12. The Morgan fingerprint density at radius 1 is 1.47 bits per heavy atom. The van der Waals surface area contributed by atoms with Crippen molar-refractivity contribution in [2.45, 2.75) is 45.4 Å². The zero-order valence-corrected chi connectivity index (χ0v) is 10.1. The molecule has 3 nitrogen and oxygen atoms in total. The fourth-order valence-corrected chi connectivity index (χ4v) is 1.83. The minimum atomic E-state index is 0.0239. The highest BCUT2D eigenvalue weighted by atomic mass is 16.1. The molecule has 0 amide bonds. The van der Waals surface area contributed by atoms with Gasteiger partial charge in [-0.3, -0.25) is 4.79 Å². The number of rotatable bonds is 4. The van der Waals surface area contributed by atoms with Gasteiger partial charge in [-0.25, -0.2) is 4.98 Å². The number of aryl methyl sites for hydroxylation is 1. The zero-order chi connectivity index (χ0) is 11.5. The van der Waals surface area contributed by atoms with Crippen LogP contribution >= 0.6 is 0 Å². The van der Waals surface area contributed by atoms with Crippen molar-refractivity contribution in [3.05, 3.63) is 28.4 Å². The van der Waals surface area contributed by atoms with Gasteiger partial charge in [0.2, 0.25) is 0 Å². The summed E-state index contributed by atoms with van der Waals surface area (Å²) in [4.78, 5) is 15.9. The highest BCUT2D eigenvalue weighted by Gasteiger charge is 2.25. The standard InChI is InChI=1S/C12H20N2O/c1-5-7-12(3,6-2)10-8-11(15)14(4)9-13-10/h8-9H,5-7H2,1-4H3. The summed E-state index contributed by atoms with van der Waals surface area (Å²) in [6, 6.07) is 1.67. The van der Waals surface area contributed by atoms with Gasteiger partial charge in [-0.1, -0.05) is 27.2 Å². The number of hydrogen-bond acceptors (Lipinski definition) is 2. The summed E-state index contributed by atoms with van der Waals surface area (Å²) in [7, 11) is 1.72. The van der Waals surface area contributed by atoms with Crippen LogP contribution in [0.2, 0.25) is 0 Å². The van der Waals surface area contributed by atoms with Crippen LogP contribution in [0.5, 0.6) is 0 Å². The van der Waals surface area contributed by atoms with Crippen molar-refractivity contribution in [3.63, 3.8) is 0 Å². The fraction of sp³-hybridized carbons (Fsp3) is 0.667. The van der Waals surface area contributed by atoms with Crippen LogP contribution in [-0.2, 0) is 12.5 Å². The minimum Gasteiger partial charge on any atom is -0.302 e. The SMILES string of the molecule is CCCC(C)(CC)c1cc(=O)n(C)cn1. The first-order valence-corrected chi connectivity index (χ1v) is 5.56. The normalized spacial score (nSPS) is 14.9. The molecule has 1 atom stereocenters. The van der Waals surface area contributed by atoms with Gasteiger partial charge >= 0.3 is 0 Å². The molecule has 0 bridgehead atoms. The molecule has 1 unspecified atom stereocenters. The van der Waals surface area contributed by atoms with E-state index in [1.165, 1.54) is 4.57 Å². The molecule has 3 heteroatoms. The van der Waals surface area contributed by atoms with Crippen molar-refractivity contribution in [2.75, 3.05) is 0 Å². The van der Waals surface area contributed by atoms with Crippen LogP contribution < -0.4 is 5.56 Å². The predicted octanol–water partition coefficient (Wildman–Crippen LogP) is 2.25. The number of hydrogen-bond donors (Lipinski definition) is 0. The van der Waals surface area contributed by atoms with Gasteiger partial charge in [-0.15, -0.1) is 0 Å². The highest BCUT2D eigenvalue weighted by molar-refractivity contribution is 5.13. The summed E-state index contributed by atoms with van der Waals surface area (Å²) in [5.41, 5.74) is 0.994. The lowest BCUT2D eigenvalue weighted by atomic mass is 9.80. The summed E-state index contributed by atoms with van der Waals surface area (Å²) < 4.78 is 1.51. The highest BCUT2D eigenvalue weighted by Crippen LogP contribution is 2.29. The van der Waals surface area contributed by atoms with E-state index in [1.54, 1.807) is 19.4 Å². The molecule has 15 heavy (non-hydrogen) atoms. The lowest BCUT2D eigenvalue weighted by molar-refractivity contribution is 0.400. The van der Waals surface area contributed by atoms with E-state index in [9.17, 15) is 4.79 Å². The van der Waals surface area contributed by atoms with Crippen molar-refractivity contribution < 1.29 is 0 Å². The molecule has 0 aliphatic heterocycles. The molecule has 84 valence electrons. The molecule has 0 fully saturated rings. The Kier molecular flexibility index (Phi) is 3.66. The van der Waals surface area contributed by atoms with Crippen LogP contribution in [0.1, 0.15) is 45.7 Å². The van der Waals surface area contributed by atoms with Crippen LogP contribution in [0.25, 0.3) is 0 Å². The van der Waals surface area contributed by atoms with Crippen LogP contribution in [0.15, 0.2) is 17.2 Å². The van der Waals surface area contributed by atoms with Gasteiger partial charge in [0.15, 0.2) is 0 Å². The second-order valence-corrected chi connectivity index (χ2v) is 4.39. The molecule has 0 aliphatic carbocycles. The van der Waals surface area contributed by atoms with Crippen molar-refractivity contribution in [3.8, 4) is 0 Å². The molecular weight excluding hydrogens is 188 g/mol. The van der Waals surface area contributed by atoms with E-state index < -0.39 is 0 Å². The van der Waals surface area contributed by atoms with Crippen molar-refractivity contribution in [1.82, 2.24) is 9.55 Å². The van der Waals surface area contributed by atoms with Gasteiger partial charge in [0.25, 0.3) is 5.56 Å². The van der Waals surface area contributed by atoms with Gasteiger partial charge in [-0.05, 0) is 12.8 Å². The Bertz CT molecular complexity index is 383. The fourth-order valence-electron chi connectivity index (χ4n) is 1.83. The van der Waals surface area contributed by atoms with Crippen LogP contribution in [0.3, 0.4) is 0 Å². The first-order valence-electron chi connectivity index (χ1n) is 5.56. The molecule has 0 saturated carbocycles. The topological polar surface area (TPSA) is 34.9 Å². The molecule has 0 saturated heterocycles. The van der Waals surface area contributed by atoms with E-state index in [0.29, 0.717) is 0 Å². The van der Waals surface area contributed by atoms with Crippen molar-refractivity contribution in [1.29, 1.82) is 0 Å². The predicted molar refractivity (Wildman–Crippen MR) is 62.0 cm³/mol. The first kappa shape index (κ1) is 12.0. The van der Waals surface area contributed by atoms with Crippen LogP contribution in [0, 0.1) is 0 Å². The Labute approximate surface area is 91.2 Å². The quantitative estimate of drug-likeness (QED) is 0.760. The summed E-state index contributed by atoms with van der Waals surface area (Å²) in [6.07, 6.45) is 4.81. The van der Waals surface area contributed by atoms with Gasteiger partial charge in [0.05, 0.1) is 12.0 Å². The third kappa shape index (κ3) is 2.46. The number of aromatic nitrogens is 2. The van der Waals surface area contributed by atoms with Gasteiger partial charge < -0.3 is 4.57 Å². The first-order chi connectivity index (χ1) is 7.03. The maximum Gasteiger partial charge on any atom is 0.253 e. The summed E-state index contributed by atoms with van der Waals surface area (Å²) in [5, 5.41) is 0. The molecular formula is C12H20N2O. The third-order valence-corrected chi connectivity index (χ3v) is 3.18. The molecule has 1 aromatic rings. The minimum absolute atomic E-state index is 0.0239. The number of nitrogens with zero attached hydrogens (tertiary/aromatic N) is 2. The maximum absolute atomic E-state index is 11.5. The van der Waals surface area contributed by atoms with Crippen LogP contribution in [0.4, 0.5) is 0 Å². The zero-order valence-electron chi connectivity index (χ0n) is 10.1. The lowest BCUT2D eigenvalue weighted by Gasteiger charge is -2.26. The van der Waals surface area contributed by atoms with E-state index in [-0.39, 0.29) is 11.0 Å². The Morgan fingerprint density at radius 2 is 2.13 bits per heavy atom. The molecule has 1 aromatic heterocycles. The van der Waals surface area contributed by atoms with Crippen LogP contribution in [-0.4, -0.2) is 9.55 Å². The second kappa shape index (κ2) is 4.60. The second-order valence-electron chi connectivity index (χ2n) is 4.39. The molecule has 0 radical (unpaired) electrons. The molecule has 1 rings (SSSR count). The van der Waals surface area contributed by atoms with Gasteiger partial charge in [0, 0.05) is 18.5 Å². The Balaban J connectivity index is 3.13. The van der Waals surface area contributed by atoms with E-state index >= 15 is 0 Å². The van der Waals surface area contributed by atoms with E-state index in [0.717, 1.165) is 25.0 Å². The smallest absolute Gasteiger partial charge is 0.253 e. The van der Waals surface area contributed by atoms with Crippen molar-refractivity contribution >= 4 is 0 Å². The maximum atomic E-state index is 11.5. The molecule has 0 spiro atoms. The van der Waals surface area contributed by atoms with E-state index in [4.69, 9.17) is 0 Å². The molecule has 1 heterocycles. The third-order valence-electron chi connectivity index (χ3n) is 3.18. The average Bonchev–Trinajstić information content (AvgIpc) is 2.22. The Morgan fingerprint density at radius 3 is 2.60 bits per heavy atom. The van der Waals surface area contributed by atoms with Crippen molar-refractivity contribution in [2.24, 2.45) is 7.05 Å². The summed E-state index contributed by atoms with van der Waals surface area (Å²) in [6.45, 7) is 6.49. The summed E-state index contributed by atoms with van der Waals surface area (Å²) in [5.74, 6) is 0. The largest absolute Gasteiger partial charge is 0.302 e. The van der Waals surface area contributed by atoms with E-state index in [2.05, 4.69) is 25.8 Å². The monoisotopic (exact) mass is 208 g/mol. The van der Waals surface area contributed by atoms with E-state index in [1.807, 2.05) is 0 Å². The average molecular weight is 208 g/mol. The molecule has 0 aliphatic rings. The molecule has 0 N–H and O–H groups in total.